The van der Waals surface area contributed by atoms with Crippen molar-refractivity contribution in [3.63, 3.8) is 0 Å². The van der Waals surface area contributed by atoms with Crippen molar-refractivity contribution in [2.45, 2.75) is 50.4 Å². The minimum atomic E-state index is -4.60. The molecule has 0 radical (unpaired) electrons. The summed E-state index contributed by atoms with van der Waals surface area (Å²) < 4.78 is 44.6. The van der Waals surface area contributed by atoms with Gasteiger partial charge in [-0.3, -0.25) is 4.79 Å². The number of urea groups is 1. The van der Waals surface area contributed by atoms with Crippen LogP contribution >= 0.6 is 0 Å². The van der Waals surface area contributed by atoms with Gasteiger partial charge in [0.15, 0.2) is 0 Å². The number of carbonyl (C=O) groups excluding carboxylic acids is 2. The second-order valence-electron chi connectivity index (χ2n) is 7.03. The Morgan fingerprint density at radius 3 is 2.41 bits per heavy atom. The normalized spacial score (nSPS) is 16.1. The second-order valence-corrected chi connectivity index (χ2v) is 7.03. The summed E-state index contributed by atoms with van der Waals surface area (Å²) in [4.78, 5) is 25.4. The average molecular weight is 409 g/mol. The molecular weight excluding hydrogens is 387 g/mol. The molecule has 1 saturated carbocycles. The Hall–Kier alpha value is -2.97. The first-order valence-corrected chi connectivity index (χ1v) is 9.36. The topological polar surface area (TPSA) is 83.4 Å². The molecule has 1 aliphatic rings. The minimum Gasteiger partial charge on any atom is -0.467 e. The molecule has 0 bridgehead atoms. The summed E-state index contributed by atoms with van der Waals surface area (Å²) in [6.45, 7) is 0.161. The molecule has 29 heavy (non-hydrogen) atoms. The van der Waals surface area contributed by atoms with Crippen molar-refractivity contribution in [1.82, 2.24) is 10.6 Å². The van der Waals surface area contributed by atoms with Crippen LogP contribution in [0.15, 0.2) is 47.1 Å². The van der Waals surface area contributed by atoms with Gasteiger partial charge in [-0.15, -0.1) is 0 Å². The van der Waals surface area contributed by atoms with Gasteiger partial charge in [-0.25, -0.2) is 4.79 Å². The van der Waals surface area contributed by atoms with E-state index in [-0.39, 0.29) is 18.1 Å². The van der Waals surface area contributed by atoms with Gasteiger partial charge >= 0.3 is 12.2 Å². The van der Waals surface area contributed by atoms with Crippen molar-refractivity contribution in [1.29, 1.82) is 0 Å². The standard InChI is InChI=1S/C20H22F3N3O3/c21-20(22,23)15-8-2-3-9-16(15)25-18(28)26-19(10-4-1-5-11-19)17(27)24-13-14-7-6-12-29-14/h2-3,6-9,12H,1,4-5,10-11,13H2,(H,24,27)(H2,25,26,28). The number of rotatable bonds is 5. The van der Waals surface area contributed by atoms with Crippen LogP contribution in [0.1, 0.15) is 43.4 Å². The summed E-state index contributed by atoms with van der Waals surface area (Å²) in [5, 5.41) is 7.62. The predicted octanol–water partition coefficient (Wildman–Crippen LogP) is 4.44. The number of halogens is 3. The van der Waals surface area contributed by atoms with E-state index < -0.39 is 23.3 Å². The fourth-order valence-electron chi connectivity index (χ4n) is 3.52. The summed E-state index contributed by atoms with van der Waals surface area (Å²) in [7, 11) is 0. The summed E-state index contributed by atoms with van der Waals surface area (Å²) in [5.74, 6) is 0.181. The van der Waals surface area contributed by atoms with E-state index in [0.29, 0.717) is 18.6 Å². The lowest BCUT2D eigenvalue weighted by atomic mass is 9.81. The van der Waals surface area contributed by atoms with Gasteiger partial charge in [-0.05, 0) is 37.1 Å². The highest BCUT2D eigenvalue weighted by Crippen LogP contribution is 2.35. The molecule has 1 heterocycles. The molecule has 1 fully saturated rings. The van der Waals surface area contributed by atoms with Gasteiger partial charge in [-0.2, -0.15) is 13.2 Å². The van der Waals surface area contributed by atoms with Gasteiger partial charge in [0.25, 0.3) is 0 Å². The fraction of sp³-hybridized carbons (Fsp3) is 0.400. The molecule has 156 valence electrons. The van der Waals surface area contributed by atoms with Crippen molar-refractivity contribution in [2.75, 3.05) is 5.32 Å². The Bertz CT molecular complexity index is 844. The monoisotopic (exact) mass is 409 g/mol. The molecule has 1 aromatic heterocycles. The number of benzene rings is 1. The van der Waals surface area contributed by atoms with Crippen LogP contribution in [0.4, 0.5) is 23.7 Å². The van der Waals surface area contributed by atoms with E-state index in [9.17, 15) is 22.8 Å². The van der Waals surface area contributed by atoms with E-state index in [1.165, 1.54) is 24.5 Å². The highest BCUT2D eigenvalue weighted by molar-refractivity contribution is 5.96. The van der Waals surface area contributed by atoms with Crippen LogP contribution in [-0.2, 0) is 17.5 Å². The summed E-state index contributed by atoms with van der Waals surface area (Å²) in [5.41, 5.74) is -2.49. The number of para-hydroxylation sites is 1. The minimum absolute atomic E-state index is 0.161. The third-order valence-electron chi connectivity index (χ3n) is 4.98. The van der Waals surface area contributed by atoms with E-state index in [0.717, 1.165) is 25.3 Å². The lowest BCUT2D eigenvalue weighted by Gasteiger charge is -2.36. The maximum Gasteiger partial charge on any atom is 0.418 e. The molecule has 0 unspecified atom stereocenters. The molecule has 0 atom stereocenters. The van der Waals surface area contributed by atoms with E-state index >= 15 is 0 Å². The largest absolute Gasteiger partial charge is 0.467 e. The van der Waals surface area contributed by atoms with Crippen molar-refractivity contribution >= 4 is 17.6 Å². The maximum atomic E-state index is 13.2. The second kappa shape index (κ2) is 8.59. The van der Waals surface area contributed by atoms with Gasteiger partial charge in [0.2, 0.25) is 5.91 Å². The number of alkyl halides is 3. The van der Waals surface area contributed by atoms with Crippen LogP contribution in [-0.4, -0.2) is 17.5 Å². The number of anilines is 1. The van der Waals surface area contributed by atoms with Gasteiger partial charge < -0.3 is 20.4 Å². The number of carbonyl (C=O) groups is 2. The Kier molecular flexibility index (Phi) is 6.14. The fourth-order valence-corrected chi connectivity index (χ4v) is 3.52. The van der Waals surface area contributed by atoms with Gasteiger partial charge in [0.1, 0.15) is 11.3 Å². The van der Waals surface area contributed by atoms with E-state index in [1.54, 1.807) is 12.1 Å². The van der Waals surface area contributed by atoms with Crippen LogP contribution in [0.3, 0.4) is 0 Å². The third-order valence-corrected chi connectivity index (χ3v) is 4.98. The molecule has 1 aromatic carbocycles. The maximum absolute atomic E-state index is 13.2. The van der Waals surface area contributed by atoms with E-state index in [2.05, 4.69) is 16.0 Å². The zero-order valence-corrected chi connectivity index (χ0v) is 15.6. The number of nitrogens with one attached hydrogen (secondary N) is 3. The first kappa shape index (κ1) is 20.8. The Balaban J connectivity index is 1.71. The predicted molar refractivity (Wildman–Crippen MR) is 100.0 cm³/mol. The van der Waals surface area contributed by atoms with Gasteiger partial charge in [0.05, 0.1) is 24.1 Å². The average Bonchev–Trinajstić information content (AvgIpc) is 3.20. The Morgan fingerprint density at radius 1 is 1.03 bits per heavy atom. The zero-order valence-electron chi connectivity index (χ0n) is 15.6. The number of furan rings is 1. The highest BCUT2D eigenvalue weighted by atomic mass is 19.4. The number of amides is 3. The third kappa shape index (κ3) is 5.10. The zero-order chi connectivity index (χ0) is 20.9. The summed E-state index contributed by atoms with van der Waals surface area (Å²) in [6.07, 6.45) is 0.0831. The molecule has 3 amide bonds. The van der Waals surface area contributed by atoms with Gasteiger partial charge in [0, 0.05) is 0 Å². The van der Waals surface area contributed by atoms with Crippen LogP contribution in [0.25, 0.3) is 0 Å². The highest BCUT2D eigenvalue weighted by Gasteiger charge is 2.41. The molecule has 0 spiro atoms. The molecule has 3 N–H and O–H groups in total. The smallest absolute Gasteiger partial charge is 0.418 e. The summed E-state index contributed by atoms with van der Waals surface area (Å²) in [6, 6.07) is 7.27. The quantitative estimate of drug-likeness (QED) is 0.683. The van der Waals surface area contributed by atoms with E-state index in [1.807, 2.05) is 0 Å². The molecule has 0 aliphatic heterocycles. The van der Waals surface area contributed by atoms with Crippen molar-refractivity contribution in [2.24, 2.45) is 0 Å². The van der Waals surface area contributed by atoms with Crippen LogP contribution in [0.2, 0.25) is 0 Å². The van der Waals surface area contributed by atoms with Crippen LogP contribution < -0.4 is 16.0 Å². The molecule has 6 nitrogen and oxygen atoms in total. The first-order valence-electron chi connectivity index (χ1n) is 9.36. The molecule has 3 rings (SSSR count). The van der Waals surface area contributed by atoms with Crippen molar-refractivity contribution in [3.8, 4) is 0 Å². The molecule has 0 saturated heterocycles. The van der Waals surface area contributed by atoms with Crippen molar-refractivity contribution < 1.29 is 27.2 Å². The molecule has 1 aliphatic carbocycles. The lowest BCUT2D eigenvalue weighted by molar-refractivity contribution is -0.137. The SMILES string of the molecule is O=C(Nc1ccccc1C(F)(F)F)NC1(C(=O)NCc2ccco2)CCCCC1. The first-order chi connectivity index (χ1) is 13.8. The Morgan fingerprint density at radius 2 is 1.76 bits per heavy atom. The molecule has 9 heteroatoms. The molecular formula is C20H22F3N3O3. The van der Waals surface area contributed by atoms with Crippen LogP contribution in [0.5, 0.6) is 0 Å². The molecule has 2 aromatic rings. The summed E-state index contributed by atoms with van der Waals surface area (Å²) >= 11 is 0. The Labute approximate surface area is 165 Å². The number of hydrogen-bond donors (Lipinski definition) is 3. The lowest BCUT2D eigenvalue weighted by Crippen LogP contribution is -2.60. The van der Waals surface area contributed by atoms with Gasteiger partial charge in [-0.1, -0.05) is 31.4 Å². The number of hydrogen-bond acceptors (Lipinski definition) is 3. The van der Waals surface area contributed by atoms with E-state index in [4.69, 9.17) is 4.42 Å². The van der Waals surface area contributed by atoms with Crippen LogP contribution in [0, 0.1) is 0 Å². The van der Waals surface area contributed by atoms with Crippen molar-refractivity contribution in [3.05, 3.63) is 54.0 Å².